The minimum Gasteiger partial charge on any atom is -0.475 e. The van der Waals surface area contributed by atoms with Crippen molar-refractivity contribution in [2.45, 2.75) is 6.92 Å². The number of para-hydroxylation sites is 2. The normalized spacial score (nSPS) is 9.97. The molecule has 0 bridgehead atoms. The average Bonchev–Trinajstić information content (AvgIpc) is 2.71. The molecule has 152 valence electrons. The second-order valence-electron chi connectivity index (χ2n) is 5.66. The third kappa shape index (κ3) is 6.61. The molecule has 0 radical (unpaired) electrons. The van der Waals surface area contributed by atoms with E-state index in [4.69, 9.17) is 9.47 Å². The number of carbonyl (C=O) groups excluding carboxylic acids is 3. The summed E-state index contributed by atoms with van der Waals surface area (Å²) in [5.74, 6) is -1.84. The van der Waals surface area contributed by atoms with Gasteiger partial charge in [0.15, 0.2) is 19.0 Å². The van der Waals surface area contributed by atoms with Gasteiger partial charge < -0.3 is 20.1 Å². The SMILES string of the molecule is CCNC(=O)c1cccc(NC(=O)COC(=O)COc2ccccc2[N+](=O)[O-])c1. The summed E-state index contributed by atoms with van der Waals surface area (Å²) < 4.78 is 9.87. The Morgan fingerprint density at radius 3 is 2.55 bits per heavy atom. The maximum Gasteiger partial charge on any atom is 0.344 e. The van der Waals surface area contributed by atoms with E-state index in [2.05, 4.69) is 10.6 Å². The number of anilines is 1. The number of nitro groups is 1. The molecule has 0 spiro atoms. The first-order chi connectivity index (χ1) is 13.9. The summed E-state index contributed by atoms with van der Waals surface area (Å²) in [5, 5.41) is 16.0. The Morgan fingerprint density at radius 2 is 1.83 bits per heavy atom. The quantitative estimate of drug-likeness (QED) is 0.372. The number of nitrogens with zero attached hydrogens (tertiary/aromatic N) is 1. The van der Waals surface area contributed by atoms with Gasteiger partial charge in [-0.3, -0.25) is 19.7 Å². The molecule has 2 aromatic carbocycles. The van der Waals surface area contributed by atoms with Gasteiger partial charge in [0.1, 0.15) is 0 Å². The van der Waals surface area contributed by atoms with Crippen LogP contribution < -0.4 is 15.4 Å². The van der Waals surface area contributed by atoms with E-state index in [1.807, 2.05) is 0 Å². The fraction of sp³-hybridized carbons (Fsp3) is 0.211. The summed E-state index contributed by atoms with van der Waals surface area (Å²) in [4.78, 5) is 45.7. The van der Waals surface area contributed by atoms with Crippen LogP contribution in [0, 0.1) is 10.1 Å². The van der Waals surface area contributed by atoms with Crippen LogP contribution in [0.25, 0.3) is 0 Å². The van der Waals surface area contributed by atoms with Gasteiger partial charge >= 0.3 is 11.7 Å². The lowest BCUT2D eigenvalue weighted by Crippen LogP contribution is -2.24. The molecule has 29 heavy (non-hydrogen) atoms. The van der Waals surface area contributed by atoms with Crippen LogP contribution in [-0.4, -0.2) is 42.5 Å². The summed E-state index contributed by atoms with van der Waals surface area (Å²) in [6.07, 6.45) is 0. The molecule has 0 aliphatic heterocycles. The standard InChI is InChI=1S/C19H19N3O7/c1-2-20-19(25)13-6-5-7-14(10-13)21-17(23)11-29-18(24)12-28-16-9-4-3-8-15(16)22(26)27/h3-10H,2,11-12H2,1H3,(H,20,25)(H,21,23). The highest BCUT2D eigenvalue weighted by Crippen LogP contribution is 2.25. The van der Waals surface area contributed by atoms with Crippen molar-refractivity contribution < 1.29 is 28.8 Å². The van der Waals surface area contributed by atoms with Gasteiger partial charge in [0.05, 0.1) is 4.92 Å². The minimum atomic E-state index is -0.866. The molecule has 0 fully saturated rings. The zero-order chi connectivity index (χ0) is 21.2. The fourth-order valence-corrected chi connectivity index (χ4v) is 2.25. The van der Waals surface area contributed by atoms with Crippen LogP contribution in [0.1, 0.15) is 17.3 Å². The molecule has 2 rings (SSSR count). The number of nitro benzene ring substituents is 1. The summed E-state index contributed by atoms with van der Waals surface area (Å²) in [6, 6.07) is 11.9. The molecule has 2 amide bonds. The summed E-state index contributed by atoms with van der Waals surface area (Å²) in [6.45, 7) is 1.09. The van der Waals surface area contributed by atoms with E-state index in [0.29, 0.717) is 17.8 Å². The predicted molar refractivity (Wildman–Crippen MR) is 103 cm³/mol. The van der Waals surface area contributed by atoms with Crippen LogP contribution in [0.2, 0.25) is 0 Å². The minimum absolute atomic E-state index is 0.0823. The lowest BCUT2D eigenvalue weighted by atomic mass is 10.2. The van der Waals surface area contributed by atoms with E-state index in [1.165, 1.54) is 30.3 Å². The Kier molecular flexibility index (Phi) is 7.66. The molecule has 0 unspecified atom stereocenters. The Labute approximate surface area is 166 Å². The van der Waals surface area contributed by atoms with Crippen molar-refractivity contribution in [3.05, 3.63) is 64.2 Å². The van der Waals surface area contributed by atoms with Crippen LogP contribution in [0.15, 0.2) is 48.5 Å². The predicted octanol–water partition coefficient (Wildman–Crippen LogP) is 1.91. The number of rotatable bonds is 9. The Balaban J connectivity index is 1.82. The number of ether oxygens (including phenoxy) is 2. The average molecular weight is 401 g/mol. The van der Waals surface area contributed by atoms with E-state index in [-0.39, 0.29) is 17.3 Å². The topological polar surface area (TPSA) is 137 Å². The maximum absolute atomic E-state index is 11.9. The monoisotopic (exact) mass is 401 g/mol. The van der Waals surface area contributed by atoms with Crippen molar-refractivity contribution in [1.29, 1.82) is 0 Å². The van der Waals surface area contributed by atoms with Gasteiger partial charge in [0.25, 0.3) is 11.8 Å². The van der Waals surface area contributed by atoms with E-state index < -0.39 is 30.0 Å². The maximum atomic E-state index is 11.9. The highest BCUT2D eigenvalue weighted by Gasteiger charge is 2.16. The molecule has 0 saturated heterocycles. The number of amides is 2. The number of hydrogen-bond donors (Lipinski definition) is 2. The Bertz CT molecular complexity index is 914. The van der Waals surface area contributed by atoms with E-state index >= 15 is 0 Å². The second kappa shape index (κ2) is 10.4. The van der Waals surface area contributed by atoms with Gasteiger partial charge in [0, 0.05) is 23.9 Å². The van der Waals surface area contributed by atoms with Crippen molar-refractivity contribution in [2.75, 3.05) is 25.1 Å². The molecule has 0 aliphatic rings. The highest BCUT2D eigenvalue weighted by atomic mass is 16.6. The van der Waals surface area contributed by atoms with Crippen LogP contribution >= 0.6 is 0 Å². The fourth-order valence-electron chi connectivity index (χ4n) is 2.25. The number of carbonyl (C=O) groups is 3. The molecular formula is C19H19N3O7. The largest absolute Gasteiger partial charge is 0.475 e. The first-order valence-corrected chi connectivity index (χ1v) is 8.60. The molecule has 2 aromatic rings. The van der Waals surface area contributed by atoms with E-state index in [9.17, 15) is 24.5 Å². The Hall–Kier alpha value is -3.95. The van der Waals surface area contributed by atoms with Gasteiger partial charge in [-0.05, 0) is 31.2 Å². The van der Waals surface area contributed by atoms with Crippen molar-refractivity contribution in [2.24, 2.45) is 0 Å². The van der Waals surface area contributed by atoms with Gasteiger partial charge in [0.2, 0.25) is 0 Å². The van der Waals surface area contributed by atoms with Gasteiger partial charge in [-0.15, -0.1) is 0 Å². The van der Waals surface area contributed by atoms with Gasteiger partial charge in [-0.2, -0.15) is 0 Å². The molecule has 0 heterocycles. The molecule has 0 atom stereocenters. The van der Waals surface area contributed by atoms with Crippen molar-refractivity contribution in [1.82, 2.24) is 5.32 Å². The van der Waals surface area contributed by atoms with E-state index in [1.54, 1.807) is 25.1 Å². The van der Waals surface area contributed by atoms with Crippen molar-refractivity contribution >= 4 is 29.2 Å². The lowest BCUT2D eigenvalue weighted by molar-refractivity contribution is -0.385. The van der Waals surface area contributed by atoms with E-state index in [0.717, 1.165) is 0 Å². The molecule has 2 N–H and O–H groups in total. The first kappa shape index (κ1) is 21.4. The third-order valence-corrected chi connectivity index (χ3v) is 3.52. The lowest BCUT2D eigenvalue weighted by Gasteiger charge is -2.09. The van der Waals surface area contributed by atoms with Crippen LogP contribution in [0.3, 0.4) is 0 Å². The third-order valence-electron chi connectivity index (χ3n) is 3.52. The molecular weight excluding hydrogens is 382 g/mol. The molecule has 0 aliphatic carbocycles. The van der Waals surface area contributed by atoms with Crippen molar-refractivity contribution in [3.8, 4) is 5.75 Å². The summed E-state index contributed by atoms with van der Waals surface area (Å²) >= 11 is 0. The number of benzene rings is 2. The van der Waals surface area contributed by atoms with Gasteiger partial charge in [-0.1, -0.05) is 18.2 Å². The van der Waals surface area contributed by atoms with Crippen LogP contribution in [-0.2, 0) is 14.3 Å². The molecule has 0 aromatic heterocycles. The summed E-state index contributed by atoms with van der Waals surface area (Å²) in [7, 11) is 0. The summed E-state index contributed by atoms with van der Waals surface area (Å²) in [5.41, 5.74) is 0.454. The molecule has 10 nitrogen and oxygen atoms in total. The van der Waals surface area contributed by atoms with Crippen LogP contribution in [0.5, 0.6) is 5.75 Å². The van der Waals surface area contributed by atoms with Crippen molar-refractivity contribution in [3.63, 3.8) is 0 Å². The van der Waals surface area contributed by atoms with Gasteiger partial charge in [-0.25, -0.2) is 4.79 Å². The Morgan fingerprint density at radius 1 is 1.07 bits per heavy atom. The zero-order valence-electron chi connectivity index (χ0n) is 15.5. The highest BCUT2D eigenvalue weighted by molar-refractivity contribution is 5.97. The first-order valence-electron chi connectivity index (χ1n) is 8.60. The number of esters is 1. The number of nitrogens with one attached hydrogen (secondary N) is 2. The zero-order valence-corrected chi connectivity index (χ0v) is 15.5. The molecule has 0 saturated carbocycles. The van der Waals surface area contributed by atoms with Crippen LogP contribution in [0.4, 0.5) is 11.4 Å². The smallest absolute Gasteiger partial charge is 0.344 e. The second-order valence-corrected chi connectivity index (χ2v) is 5.66. The number of hydrogen-bond acceptors (Lipinski definition) is 7. The molecule has 10 heteroatoms.